The van der Waals surface area contributed by atoms with E-state index in [1.807, 2.05) is 24.3 Å². The predicted molar refractivity (Wildman–Crippen MR) is 140 cm³/mol. The smallest absolute Gasteiger partial charge is 0.158 e. The Hall–Kier alpha value is -2.27. The maximum atomic E-state index is 8.43. The number of rotatable bonds is 14. The molecule has 2 aromatic rings. The van der Waals surface area contributed by atoms with Crippen LogP contribution in [-0.4, -0.2) is 51.3 Å². The summed E-state index contributed by atoms with van der Waals surface area (Å²) < 4.78 is 24.1. The van der Waals surface area contributed by atoms with Crippen LogP contribution >= 0.6 is 27.7 Å². The largest absolute Gasteiger partial charge is 0.489 e. The molecule has 0 amide bonds. The maximum Gasteiger partial charge on any atom is 0.158 e. The minimum Gasteiger partial charge on any atom is -0.489 e. The zero-order valence-electron chi connectivity index (χ0n) is 19.5. The number of ether oxygens (including phenoxy) is 4. The summed E-state index contributed by atoms with van der Waals surface area (Å²) in [4.78, 5) is 5.80. The highest BCUT2D eigenvalue weighted by Crippen LogP contribution is 2.51. The van der Waals surface area contributed by atoms with Gasteiger partial charge in [-0.15, -0.1) is 0 Å². The number of hydrogen-bond donors (Lipinski definition) is 3. The summed E-state index contributed by atoms with van der Waals surface area (Å²) in [5.41, 5.74) is 14.2. The van der Waals surface area contributed by atoms with E-state index in [1.54, 1.807) is 0 Å². The van der Waals surface area contributed by atoms with Gasteiger partial charge in [0, 0.05) is 23.8 Å². The molecule has 0 aliphatic carbocycles. The summed E-state index contributed by atoms with van der Waals surface area (Å²) in [5, 5.41) is 8.43. The van der Waals surface area contributed by atoms with Crippen LogP contribution in [0.5, 0.6) is 11.5 Å². The first kappa shape index (κ1) is 26.3. The number of nitrogens with zero attached hydrogens (tertiary/aromatic N) is 1. The lowest BCUT2D eigenvalue weighted by Crippen LogP contribution is -2.17. The lowest BCUT2D eigenvalue weighted by molar-refractivity contribution is 0.0982. The zero-order valence-corrected chi connectivity index (χ0v) is 21.9. The van der Waals surface area contributed by atoms with Gasteiger partial charge in [0.25, 0.3) is 0 Å². The second-order valence-corrected chi connectivity index (χ2v) is 9.30. The molecule has 1 aliphatic rings. The van der Waals surface area contributed by atoms with E-state index in [0.717, 1.165) is 22.6 Å². The van der Waals surface area contributed by atoms with Crippen molar-refractivity contribution in [3.05, 3.63) is 39.9 Å². The number of fused-ring (bicyclic) bond motifs is 1. The van der Waals surface area contributed by atoms with E-state index in [0.29, 0.717) is 72.4 Å². The molecule has 34 heavy (non-hydrogen) atoms. The third-order valence-corrected chi connectivity index (χ3v) is 7.01. The second kappa shape index (κ2) is 13.0. The van der Waals surface area contributed by atoms with E-state index in [9.17, 15) is 0 Å². The van der Waals surface area contributed by atoms with Crippen LogP contribution in [0.2, 0.25) is 0 Å². The van der Waals surface area contributed by atoms with Gasteiger partial charge >= 0.3 is 0 Å². The average molecular weight is 552 g/mol. The molecule has 0 fully saturated rings. The molecule has 184 valence electrons. The van der Waals surface area contributed by atoms with Crippen LogP contribution in [-0.2, 0) is 9.47 Å². The Morgan fingerprint density at radius 3 is 2.12 bits per heavy atom. The van der Waals surface area contributed by atoms with E-state index in [4.69, 9.17) is 35.8 Å². The monoisotopic (exact) mass is 550 g/mol. The Morgan fingerprint density at radius 1 is 0.882 bits per heavy atom. The molecule has 1 aliphatic heterocycles. The highest BCUT2D eigenvalue weighted by Gasteiger charge is 2.33. The van der Waals surface area contributed by atoms with Gasteiger partial charge in [0.15, 0.2) is 5.84 Å². The van der Waals surface area contributed by atoms with Crippen LogP contribution in [0, 0.1) is 5.41 Å². The molecular weight excluding hydrogens is 520 g/mol. The van der Waals surface area contributed by atoms with Crippen LogP contribution < -0.4 is 20.9 Å². The molecule has 0 saturated heterocycles. The quantitative estimate of drug-likeness (QED) is 0.227. The molecule has 8 nitrogen and oxygen atoms in total. The summed E-state index contributed by atoms with van der Waals surface area (Å²) in [6.07, 6.45) is 1.86. The normalized spacial score (nSPS) is 12.6. The number of amidine groups is 2. The molecule has 0 saturated carbocycles. The van der Waals surface area contributed by atoms with Crippen molar-refractivity contribution >= 4 is 45.1 Å². The minimum absolute atomic E-state index is 0.0283. The number of hydrogen-bond acceptors (Lipinski definition) is 8. The van der Waals surface area contributed by atoms with Gasteiger partial charge in [-0.25, -0.2) is 4.99 Å². The Bertz CT molecular complexity index is 1050. The Morgan fingerprint density at radius 2 is 1.50 bits per heavy atom. The fourth-order valence-electron chi connectivity index (χ4n) is 3.30. The van der Waals surface area contributed by atoms with Crippen molar-refractivity contribution in [3.63, 3.8) is 0 Å². The lowest BCUT2D eigenvalue weighted by Gasteiger charge is -2.21. The van der Waals surface area contributed by atoms with Gasteiger partial charge in [-0.1, -0.05) is 37.7 Å². The SMILES string of the molecule is CCCOCCOc1c(Br)c(Sc2ccccc2N)c(OCCOCCC)c2c1C(=N)N=C2N. The summed E-state index contributed by atoms with van der Waals surface area (Å²) in [6.45, 7) is 6.93. The van der Waals surface area contributed by atoms with Crippen LogP contribution in [0.4, 0.5) is 5.69 Å². The van der Waals surface area contributed by atoms with E-state index in [-0.39, 0.29) is 11.7 Å². The zero-order chi connectivity index (χ0) is 24.5. The van der Waals surface area contributed by atoms with Gasteiger partial charge in [0.1, 0.15) is 30.5 Å². The first-order chi connectivity index (χ1) is 16.5. The van der Waals surface area contributed by atoms with Gasteiger partial charge < -0.3 is 30.4 Å². The Kier molecular flexibility index (Phi) is 10.1. The Balaban J connectivity index is 2.03. The number of benzene rings is 2. The fraction of sp³-hybridized carbons (Fsp3) is 0.417. The van der Waals surface area contributed by atoms with E-state index in [1.165, 1.54) is 11.8 Å². The molecular formula is C24H31BrN4O4S. The maximum absolute atomic E-state index is 8.43. The molecule has 0 radical (unpaired) electrons. The molecule has 3 rings (SSSR count). The van der Waals surface area contributed by atoms with Gasteiger partial charge in [0.05, 0.1) is 33.7 Å². The summed E-state index contributed by atoms with van der Waals surface area (Å²) >= 11 is 5.14. The molecule has 1 heterocycles. The van der Waals surface area contributed by atoms with E-state index < -0.39 is 0 Å². The fourth-order valence-corrected chi connectivity index (χ4v) is 5.03. The first-order valence-corrected chi connectivity index (χ1v) is 12.9. The third-order valence-electron chi connectivity index (χ3n) is 4.81. The van der Waals surface area contributed by atoms with Crippen molar-refractivity contribution in [2.75, 3.05) is 45.4 Å². The number of aliphatic imine (C=N–C) groups is 1. The number of nitrogen functional groups attached to an aromatic ring is 1. The van der Waals surface area contributed by atoms with E-state index in [2.05, 4.69) is 34.8 Å². The molecule has 0 bridgehead atoms. The predicted octanol–water partition coefficient (Wildman–Crippen LogP) is 4.84. The molecule has 0 unspecified atom stereocenters. The highest BCUT2D eigenvalue weighted by molar-refractivity contribution is 9.10. The molecule has 5 N–H and O–H groups in total. The van der Waals surface area contributed by atoms with Gasteiger partial charge in [-0.3, -0.25) is 5.41 Å². The molecule has 10 heteroatoms. The minimum atomic E-state index is 0.0283. The topological polar surface area (TPSA) is 125 Å². The lowest BCUT2D eigenvalue weighted by atomic mass is 10.1. The molecule has 0 aromatic heterocycles. The summed E-state index contributed by atoms with van der Waals surface area (Å²) in [7, 11) is 0. The van der Waals surface area contributed by atoms with Crippen LogP contribution in [0.15, 0.2) is 43.5 Å². The van der Waals surface area contributed by atoms with Crippen LogP contribution in [0.25, 0.3) is 0 Å². The standard InChI is InChI=1S/C24H31BrN4O4S/c1-3-9-30-11-13-32-20-17-18(24(28)29-23(17)27)21(33-14-12-31-10-4-2)22(19(20)25)34-16-8-6-5-7-15(16)26/h5-8H,3-4,9-14,26H2,1-2H3,(H3,27,28,29). The number of nitrogens with one attached hydrogen (secondary N) is 1. The second-order valence-electron chi connectivity index (χ2n) is 7.46. The highest BCUT2D eigenvalue weighted by atomic mass is 79.9. The van der Waals surface area contributed by atoms with Crippen molar-refractivity contribution in [1.29, 1.82) is 5.41 Å². The third kappa shape index (κ3) is 6.24. The van der Waals surface area contributed by atoms with Gasteiger partial charge in [-0.2, -0.15) is 0 Å². The molecule has 0 spiro atoms. The number of nitrogens with two attached hydrogens (primary N) is 2. The number of halogens is 1. The summed E-state index contributed by atoms with van der Waals surface area (Å²) in [5.74, 6) is 1.25. The average Bonchev–Trinajstić information content (AvgIpc) is 3.11. The van der Waals surface area contributed by atoms with E-state index >= 15 is 0 Å². The summed E-state index contributed by atoms with van der Waals surface area (Å²) in [6, 6.07) is 7.59. The first-order valence-electron chi connectivity index (χ1n) is 11.3. The van der Waals surface area contributed by atoms with Crippen molar-refractivity contribution in [2.24, 2.45) is 10.7 Å². The number of para-hydroxylation sites is 1. The molecule has 2 aromatic carbocycles. The van der Waals surface area contributed by atoms with Gasteiger partial charge in [-0.05, 0) is 40.9 Å². The molecule has 0 atom stereocenters. The van der Waals surface area contributed by atoms with Crippen molar-refractivity contribution in [3.8, 4) is 11.5 Å². The van der Waals surface area contributed by atoms with Crippen molar-refractivity contribution in [1.82, 2.24) is 0 Å². The van der Waals surface area contributed by atoms with Crippen LogP contribution in [0.3, 0.4) is 0 Å². The van der Waals surface area contributed by atoms with Crippen molar-refractivity contribution < 1.29 is 18.9 Å². The van der Waals surface area contributed by atoms with Gasteiger partial charge in [0.2, 0.25) is 0 Å². The number of anilines is 1. The van der Waals surface area contributed by atoms with Crippen molar-refractivity contribution in [2.45, 2.75) is 36.5 Å². The van der Waals surface area contributed by atoms with Crippen LogP contribution in [0.1, 0.15) is 37.8 Å². The Labute approximate surface area is 213 Å².